The van der Waals surface area contributed by atoms with E-state index >= 15 is 0 Å². The van der Waals surface area contributed by atoms with Gasteiger partial charge < -0.3 is 5.73 Å². The summed E-state index contributed by atoms with van der Waals surface area (Å²) in [5.74, 6) is -1.26. The molecule has 0 fully saturated rings. The van der Waals surface area contributed by atoms with Crippen LogP contribution in [0.5, 0.6) is 0 Å². The summed E-state index contributed by atoms with van der Waals surface area (Å²) in [5, 5.41) is 0. The van der Waals surface area contributed by atoms with Gasteiger partial charge in [-0.3, -0.25) is 4.79 Å². The second-order valence-electron chi connectivity index (χ2n) is 3.38. The Bertz CT molecular complexity index is 511. The van der Waals surface area contributed by atoms with Crippen molar-refractivity contribution in [2.24, 2.45) is 5.73 Å². The van der Waals surface area contributed by atoms with E-state index in [1.807, 2.05) is 0 Å². The van der Waals surface area contributed by atoms with Crippen LogP contribution in [-0.4, -0.2) is 27.0 Å². The second-order valence-corrected chi connectivity index (χ2v) is 5.39. The van der Waals surface area contributed by atoms with Gasteiger partial charge in [0.1, 0.15) is 5.82 Å². The SMILES string of the molecule is CS(=O)(=O)c1ccc(C(=O)CCN)c(F)c1. The maximum absolute atomic E-state index is 13.4. The van der Waals surface area contributed by atoms with Gasteiger partial charge in [-0.05, 0) is 24.7 Å². The lowest BCUT2D eigenvalue weighted by Crippen LogP contribution is -2.10. The number of hydrogen-bond acceptors (Lipinski definition) is 4. The maximum atomic E-state index is 13.4. The van der Waals surface area contributed by atoms with E-state index in [0.29, 0.717) is 0 Å². The molecule has 0 spiro atoms. The first kappa shape index (κ1) is 12.8. The summed E-state index contributed by atoms with van der Waals surface area (Å²) in [6.07, 6.45) is 1.01. The lowest BCUT2D eigenvalue weighted by molar-refractivity contribution is 0.0981. The van der Waals surface area contributed by atoms with Crippen molar-refractivity contribution in [1.29, 1.82) is 0 Å². The van der Waals surface area contributed by atoms with E-state index in [-0.39, 0.29) is 23.4 Å². The fourth-order valence-corrected chi connectivity index (χ4v) is 1.85. The van der Waals surface area contributed by atoms with Crippen molar-refractivity contribution >= 4 is 15.6 Å². The van der Waals surface area contributed by atoms with Gasteiger partial charge in [0.2, 0.25) is 0 Å². The van der Waals surface area contributed by atoms with E-state index in [0.717, 1.165) is 12.3 Å². The summed E-state index contributed by atoms with van der Waals surface area (Å²) in [7, 11) is -3.46. The molecule has 0 saturated carbocycles. The van der Waals surface area contributed by atoms with Crippen LogP contribution in [0.15, 0.2) is 23.1 Å². The standard InChI is InChI=1S/C10H12FNO3S/c1-16(14,15)7-2-3-8(9(11)6-7)10(13)4-5-12/h2-3,6H,4-5,12H2,1H3. The van der Waals surface area contributed by atoms with Crippen LogP contribution in [0.25, 0.3) is 0 Å². The molecule has 0 unspecified atom stereocenters. The first-order valence-electron chi connectivity index (χ1n) is 4.59. The smallest absolute Gasteiger partial charge is 0.175 e. The van der Waals surface area contributed by atoms with Gasteiger partial charge in [0.15, 0.2) is 15.6 Å². The molecule has 4 nitrogen and oxygen atoms in total. The summed E-state index contributed by atoms with van der Waals surface area (Å²) in [6, 6.07) is 3.23. The first-order chi connectivity index (χ1) is 7.36. The summed E-state index contributed by atoms with van der Waals surface area (Å²) >= 11 is 0. The molecule has 88 valence electrons. The Labute approximate surface area is 93.2 Å². The minimum atomic E-state index is -3.46. The number of rotatable bonds is 4. The average molecular weight is 245 g/mol. The van der Waals surface area contributed by atoms with E-state index in [1.54, 1.807) is 0 Å². The first-order valence-corrected chi connectivity index (χ1v) is 6.48. The Balaban J connectivity index is 3.15. The molecule has 1 aromatic carbocycles. The van der Waals surface area contributed by atoms with Crippen molar-refractivity contribution in [3.8, 4) is 0 Å². The highest BCUT2D eigenvalue weighted by atomic mass is 32.2. The molecule has 6 heteroatoms. The summed E-state index contributed by atoms with van der Waals surface area (Å²) in [4.78, 5) is 11.2. The van der Waals surface area contributed by atoms with Gasteiger partial charge >= 0.3 is 0 Å². The minimum Gasteiger partial charge on any atom is -0.330 e. The third-order valence-electron chi connectivity index (χ3n) is 2.04. The zero-order valence-corrected chi connectivity index (χ0v) is 9.55. The van der Waals surface area contributed by atoms with E-state index in [1.165, 1.54) is 12.1 Å². The van der Waals surface area contributed by atoms with Crippen LogP contribution < -0.4 is 5.73 Å². The molecule has 0 bridgehead atoms. The number of hydrogen-bond donors (Lipinski definition) is 1. The largest absolute Gasteiger partial charge is 0.330 e. The van der Waals surface area contributed by atoms with Crippen LogP contribution in [0.1, 0.15) is 16.8 Å². The van der Waals surface area contributed by atoms with Gasteiger partial charge in [0.25, 0.3) is 0 Å². The van der Waals surface area contributed by atoms with Crippen molar-refractivity contribution in [2.75, 3.05) is 12.8 Å². The normalized spacial score (nSPS) is 11.4. The second kappa shape index (κ2) is 4.71. The van der Waals surface area contributed by atoms with Crippen molar-refractivity contribution in [3.63, 3.8) is 0 Å². The molecule has 2 N–H and O–H groups in total. The summed E-state index contributed by atoms with van der Waals surface area (Å²) in [6.45, 7) is 0.131. The van der Waals surface area contributed by atoms with E-state index in [4.69, 9.17) is 5.73 Å². The number of carbonyl (C=O) groups is 1. The highest BCUT2D eigenvalue weighted by Crippen LogP contribution is 2.16. The van der Waals surface area contributed by atoms with E-state index in [2.05, 4.69) is 0 Å². The molecule has 0 radical (unpaired) electrons. The number of halogens is 1. The molecule has 1 rings (SSSR count). The molecule has 0 heterocycles. The fraction of sp³-hybridized carbons (Fsp3) is 0.300. The summed E-state index contributed by atoms with van der Waals surface area (Å²) in [5.41, 5.74) is 5.05. The monoisotopic (exact) mass is 245 g/mol. The molecule has 0 saturated heterocycles. The third-order valence-corrected chi connectivity index (χ3v) is 3.15. The molecule has 0 aromatic heterocycles. The lowest BCUT2D eigenvalue weighted by Gasteiger charge is -2.03. The Morgan fingerprint density at radius 2 is 2.06 bits per heavy atom. The molecule has 0 aliphatic carbocycles. The number of ketones is 1. The van der Waals surface area contributed by atoms with Crippen molar-refractivity contribution in [3.05, 3.63) is 29.6 Å². The number of Topliss-reactive ketones (excluding diaryl/α,β-unsaturated/α-hetero) is 1. The van der Waals surface area contributed by atoms with Crippen molar-refractivity contribution in [1.82, 2.24) is 0 Å². The zero-order chi connectivity index (χ0) is 12.3. The lowest BCUT2D eigenvalue weighted by atomic mass is 10.1. The Morgan fingerprint density at radius 1 is 1.44 bits per heavy atom. The number of nitrogens with two attached hydrogens (primary N) is 1. The van der Waals surface area contributed by atoms with Gasteiger partial charge in [0, 0.05) is 12.7 Å². The van der Waals surface area contributed by atoms with Crippen LogP contribution in [0.3, 0.4) is 0 Å². The topological polar surface area (TPSA) is 77.2 Å². The van der Waals surface area contributed by atoms with Crippen LogP contribution in [0, 0.1) is 5.82 Å². The van der Waals surface area contributed by atoms with Crippen molar-refractivity contribution in [2.45, 2.75) is 11.3 Å². The highest BCUT2D eigenvalue weighted by molar-refractivity contribution is 7.90. The predicted molar refractivity (Wildman–Crippen MR) is 57.5 cm³/mol. The third kappa shape index (κ3) is 2.86. The van der Waals surface area contributed by atoms with Crippen LogP contribution >= 0.6 is 0 Å². The minimum absolute atomic E-state index is 0.0368. The van der Waals surface area contributed by atoms with E-state index < -0.39 is 21.4 Å². The molecule has 16 heavy (non-hydrogen) atoms. The van der Waals surface area contributed by atoms with Gasteiger partial charge in [-0.25, -0.2) is 12.8 Å². The van der Waals surface area contributed by atoms with Gasteiger partial charge in [-0.2, -0.15) is 0 Å². The predicted octanol–water partition coefficient (Wildman–Crippen LogP) is 0.761. The zero-order valence-electron chi connectivity index (χ0n) is 8.73. The van der Waals surface area contributed by atoms with Crippen LogP contribution in [0.2, 0.25) is 0 Å². The molecular weight excluding hydrogens is 233 g/mol. The molecule has 0 aliphatic heterocycles. The van der Waals surface area contributed by atoms with Crippen LogP contribution in [0.4, 0.5) is 4.39 Å². The molecule has 0 aliphatic rings. The van der Waals surface area contributed by atoms with E-state index in [9.17, 15) is 17.6 Å². The molecule has 1 aromatic rings. The Morgan fingerprint density at radius 3 is 2.50 bits per heavy atom. The quantitative estimate of drug-likeness (QED) is 0.794. The summed E-state index contributed by atoms with van der Waals surface area (Å²) < 4.78 is 35.7. The number of carbonyl (C=O) groups excluding carboxylic acids is 1. The Kier molecular flexibility index (Phi) is 3.77. The molecular formula is C10H12FNO3S. The van der Waals surface area contributed by atoms with Gasteiger partial charge in [-0.1, -0.05) is 0 Å². The number of benzene rings is 1. The number of sulfone groups is 1. The molecule has 0 atom stereocenters. The van der Waals surface area contributed by atoms with Crippen molar-refractivity contribution < 1.29 is 17.6 Å². The highest BCUT2D eigenvalue weighted by Gasteiger charge is 2.14. The average Bonchev–Trinajstić information content (AvgIpc) is 2.16. The molecule has 0 amide bonds. The van der Waals surface area contributed by atoms with Gasteiger partial charge in [-0.15, -0.1) is 0 Å². The maximum Gasteiger partial charge on any atom is 0.175 e. The Hall–Kier alpha value is -1.27. The van der Waals surface area contributed by atoms with Gasteiger partial charge in [0.05, 0.1) is 10.5 Å². The van der Waals surface area contributed by atoms with Crippen LogP contribution in [-0.2, 0) is 9.84 Å². The fourth-order valence-electron chi connectivity index (χ4n) is 1.22.